The second-order valence-electron chi connectivity index (χ2n) is 13.0. The number of ether oxygens (including phenoxy) is 3. The Morgan fingerprint density at radius 2 is 1.84 bits per heavy atom. The molecule has 4 aromatic heterocycles. The maximum Gasteiger partial charge on any atom is 0.421 e. The van der Waals surface area contributed by atoms with Gasteiger partial charge in [0.1, 0.15) is 29.2 Å². The maximum atomic E-state index is 14.1. The van der Waals surface area contributed by atoms with Crippen LogP contribution in [0.5, 0.6) is 5.88 Å². The van der Waals surface area contributed by atoms with Gasteiger partial charge in [0.2, 0.25) is 5.88 Å². The molecule has 0 unspecified atom stereocenters. The minimum absolute atomic E-state index is 0.0414. The number of carbonyl (C=O) groups is 1. The van der Waals surface area contributed by atoms with Gasteiger partial charge in [-0.05, 0) is 44.7 Å². The second-order valence-corrected chi connectivity index (χ2v) is 13.0. The van der Waals surface area contributed by atoms with Crippen molar-refractivity contribution in [2.45, 2.75) is 57.7 Å². The summed E-state index contributed by atoms with van der Waals surface area (Å²) < 4.78 is 58.4. The fraction of sp³-hybridized carbons (Fsp3) is 0.529. The molecule has 50 heavy (non-hydrogen) atoms. The molecule has 2 fully saturated rings. The fourth-order valence-corrected chi connectivity index (χ4v) is 7.00. The molecule has 1 saturated carbocycles. The Kier molecular flexibility index (Phi) is 10.4. The summed E-state index contributed by atoms with van der Waals surface area (Å²) in [5.41, 5.74) is 1.52. The maximum absolute atomic E-state index is 14.1. The zero-order valence-electron chi connectivity index (χ0n) is 28.3. The molecule has 0 amide bonds. The van der Waals surface area contributed by atoms with Gasteiger partial charge >= 0.3 is 12.1 Å². The molecule has 6 rings (SSSR count). The number of hydrogen-bond acceptors (Lipinski definition) is 11. The number of aromatic amines is 1. The lowest BCUT2D eigenvalue weighted by molar-refractivity contribution is -0.144. The van der Waals surface area contributed by atoms with Crippen molar-refractivity contribution >= 4 is 28.6 Å². The van der Waals surface area contributed by atoms with Gasteiger partial charge < -0.3 is 34.1 Å². The Balaban J connectivity index is 1.33. The van der Waals surface area contributed by atoms with E-state index in [0.717, 1.165) is 31.7 Å². The van der Waals surface area contributed by atoms with Crippen molar-refractivity contribution in [1.29, 1.82) is 0 Å². The van der Waals surface area contributed by atoms with Crippen molar-refractivity contribution in [3.63, 3.8) is 0 Å². The van der Waals surface area contributed by atoms with Crippen LogP contribution in [0.1, 0.15) is 51.0 Å². The van der Waals surface area contributed by atoms with Crippen LogP contribution in [0, 0.1) is 5.41 Å². The van der Waals surface area contributed by atoms with Gasteiger partial charge in [0.25, 0.3) is 0 Å². The van der Waals surface area contributed by atoms with Gasteiger partial charge in [-0.3, -0.25) is 0 Å². The summed E-state index contributed by atoms with van der Waals surface area (Å²) in [4.78, 5) is 41.0. The number of carboxylic acids is 1. The molecule has 1 aliphatic carbocycles. The first-order valence-corrected chi connectivity index (χ1v) is 16.7. The van der Waals surface area contributed by atoms with Crippen LogP contribution in [-0.4, -0.2) is 101 Å². The molecule has 5 heterocycles. The number of aromatic nitrogens is 6. The van der Waals surface area contributed by atoms with Crippen molar-refractivity contribution in [1.82, 2.24) is 29.9 Å². The summed E-state index contributed by atoms with van der Waals surface area (Å²) in [7, 11) is 3.66. The number of piperidine rings is 1. The standard InChI is InChI=1S/C34H41F3N8O5/c1-4-49-32-23(34(35,36)37)13-21(15-40-32)24-14-26(44(2)19-33(20-48-3)9-5-6-10-33)29-31(41-24)43-30(42-29)25-16-39-27(17-38-25)45-11-7-22(8-12-45)50-18-28(46)47/h13-17,22H,4-12,18-20H2,1-3H3,(H,46,47)(H,41,42,43). The number of methoxy groups -OCH3 is 1. The number of nitrogens with zero attached hydrogens (tertiary/aromatic N) is 7. The average molecular weight is 699 g/mol. The van der Waals surface area contributed by atoms with E-state index in [-0.39, 0.29) is 36.0 Å². The van der Waals surface area contributed by atoms with Crippen LogP contribution >= 0.6 is 0 Å². The normalized spacial score (nSPS) is 16.6. The first-order valence-electron chi connectivity index (χ1n) is 16.7. The fourth-order valence-electron chi connectivity index (χ4n) is 7.00. The Morgan fingerprint density at radius 1 is 1.08 bits per heavy atom. The number of hydrogen-bond donors (Lipinski definition) is 2. The quantitative estimate of drug-likeness (QED) is 0.179. The molecule has 1 aliphatic heterocycles. The van der Waals surface area contributed by atoms with Crippen molar-refractivity contribution < 1.29 is 37.3 Å². The van der Waals surface area contributed by atoms with Crippen LogP contribution in [0.4, 0.5) is 24.7 Å². The van der Waals surface area contributed by atoms with Crippen LogP contribution in [0.3, 0.4) is 0 Å². The number of anilines is 2. The van der Waals surface area contributed by atoms with Crippen molar-refractivity contribution in [3.8, 4) is 28.7 Å². The van der Waals surface area contributed by atoms with Crippen molar-refractivity contribution in [2.24, 2.45) is 5.41 Å². The largest absolute Gasteiger partial charge is 0.480 e. The number of imidazole rings is 1. The highest BCUT2D eigenvalue weighted by atomic mass is 19.4. The molecular formula is C34H41F3N8O5. The molecule has 2 N–H and O–H groups in total. The molecule has 0 spiro atoms. The van der Waals surface area contributed by atoms with Gasteiger partial charge in [-0.15, -0.1) is 0 Å². The third kappa shape index (κ3) is 7.75. The van der Waals surface area contributed by atoms with Crippen LogP contribution in [-0.2, 0) is 20.4 Å². The molecule has 1 saturated heterocycles. The number of nitrogens with one attached hydrogen (secondary N) is 1. The third-order valence-electron chi connectivity index (χ3n) is 9.36. The Morgan fingerprint density at radius 3 is 2.48 bits per heavy atom. The molecule has 13 nitrogen and oxygen atoms in total. The van der Waals surface area contributed by atoms with Crippen LogP contribution in [0.25, 0.3) is 33.9 Å². The number of rotatable bonds is 13. The number of aliphatic carboxylic acids is 1. The molecule has 0 bridgehead atoms. The summed E-state index contributed by atoms with van der Waals surface area (Å²) in [6, 6.07) is 2.77. The Hall–Kier alpha value is -4.57. The highest BCUT2D eigenvalue weighted by molar-refractivity contribution is 5.91. The van der Waals surface area contributed by atoms with Gasteiger partial charge in [-0.1, -0.05) is 12.8 Å². The SMILES string of the molecule is CCOc1ncc(-c2cc(N(C)CC3(COC)CCCC3)c3[nH]c(-c4cnc(N5CCC(OCC(=O)O)CC5)cn4)nc3n2)cc1C(F)(F)F. The lowest BCUT2D eigenvalue weighted by Crippen LogP contribution is -2.38. The molecule has 2 aliphatic rings. The molecule has 16 heteroatoms. The van der Waals surface area contributed by atoms with Crippen LogP contribution in [0.15, 0.2) is 30.7 Å². The Bertz CT molecular complexity index is 1790. The summed E-state index contributed by atoms with van der Waals surface area (Å²) in [5.74, 6) is -0.389. The highest BCUT2D eigenvalue weighted by Gasteiger charge is 2.37. The van der Waals surface area contributed by atoms with E-state index >= 15 is 0 Å². The summed E-state index contributed by atoms with van der Waals surface area (Å²) in [6.07, 6.45) is 5.37. The number of carboxylic acid groups (broad SMARTS) is 1. The zero-order chi connectivity index (χ0) is 35.5. The minimum Gasteiger partial charge on any atom is -0.480 e. The number of H-pyrrole nitrogens is 1. The van der Waals surface area contributed by atoms with Gasteiger partial charge in [-0.2, -0.15) is 13.2 Å². The lowest BCUT2D eigenvalue weighted by atomic mass is 9.86. The summed E-state index contributed by atoms with van der Waals surface area (Å²) in [5, 5.41) is 8.88. The molecule has 0 aromatic carbocycles. The Labute approximate surface area is 287 Å². The lowest BCUT2D eigenvalue weighted by Gasteiger charge is -2.34. The zero-order valence-corrected chi connectivity index (χ0v) is 28.3. The van der Waals surface area contributed by atoms with Crippen LogP contribution in [0.2, 0.25) is 0 Å². The second kappa shape index (κ2) is 14.7. The molecule has 4 aromatic rings. The van der Waals surface area contributed by atoms with Crippen molar-refractivity contribution in [2.75, 3.05) is 63.4 Å². The monoisotopic (exact) mass is 698 g/mol. The van der Waals surface area contributed by atoms with Crippen molar-refractivity contribution in [3.05, 3.63) is 36.3 Å². The predicted octanol–water partition coefficient (Wildman–Crippen LogP) is 5.61. The smallest absolute Gasteiger partial charge is 0.421 e. The van der Waals surface area contributed by atoms with E-state index in [9.17, 15) is 18.0 Å². The number of halogens is 3. The summed E-state index contributed by atoms with van der Waals surface area (Å²) >= 11 is 0. The number of pyridine rings is 2. The van der Waals surface area contributed by atoms with E-state index in [4.69, 9.17) is 29.3 Å². The molecule has 0 atom stereocenters. The highest BCUT2D eigenvalue weighted by Crippen LogP contribution is 2.42. The summed E-state index contributed by atoms with van der Waals surface area (Å²) in [6.45, 7) is 3.88. The number of alkyl halides is 3. The van der Waals surface area contributed by atoms with Gasteiger partial charge in [0.15, 0.2) is 11.5 Å². The van der Waals surface area contributed by atoms with E-state index in [1.807, 2.05) is 7.05 Å². The van der Waals surface area contributed by atoms with Gasteiger partial charge in [0.05, 0.1) is 43.1 Å². The molecule has 268 valence electrons. The topological polar surface area (TPSA) is 152 Å². The van der Waals surface area contributed by atoms with E-state index in [1.165, 1.54) is 6.20 Å². The predicted molar refractivity (Wildman–Crippen MR) is 179 cm³/mol. The minimum atomic E-state index is -4.68. The first kappa shape index (κ1) is 35.3. The van der Waals surface area contributed by atoms with E-state index in [1.54, 1.807) is 32.5 Å². The first-order chi connectivity index (χ1) is 24.0. The van der Waals surface area contributed by atoms with Crippen LogP contribution < -0.4 is 14.5 Å². The van der Waals surface area contributed by atoms with E-state index in [2.05, 4.69) is 29.7 Å². The molecular weight excluding hydrogens is 657 g/mol. The average Bonchev–Trinajstić information content (AvgIpc) is 3.74. The third-order valence-corrected chi connectivity index (χ3v) is 9.36. The van der Waals surface area contributed by atoms with E-state index < -0.39 is 23.6 Å². The number of fused-ring (bicyclic) bond motifs is 1. The van der Waals surface area contributed by atoms with Gasteiger partial charge in [0, 0.05) is 51.0 Å². The van der Waals surface area contributed by atoms with E-state index in [0.29, 0.717) is 73.3 Å². The van der Waals surface area contributed by atoms with Gasteiger partial charge in [-0.25, -0.2) is 29.7 Å². The molecule has 0 radical (unpaired) electrons.